The molecule has 5 aliphatic heterocycles. The molecule has 0 saturated heterocycles. The fraction of sp³-hybridized carbons (Fsp3) is 0.375. The summed E-state index contributed by atoms with van der Waals surface area (Å²) in [6.07, 6.45) is 18.8. The number of fused-ring (bicyclic) bond motifs is 4. The van der Waals surface area contributed by atoms with Crippen LogP contribution in [0.25, 0.3) is 0 Å². The SMILES string of the molecule is C/C=C/C1=CN2C(=O)c3cc(OC)c(OCCCCCOc4cc5c(cc4C)C(=O)N4C=C(/C=C/C)C[C@H]4[C@H](O)N5C(=O)OCc4ccc(NCC(=O)CCCCCN5C(=O)C=CC5=O)cc4)cc3N=C[C@@H]2C1. The summed E-state index contributed by atoms with van der Waals surface area (Å²) in [7, 11) is 1.54. The number of hydrogen-bond acceptors (Lipinski definition) is 13. The van der Waals surface area contributed by atoms with E-state index in [1.807, 2.05) is 51.3 Å². The van der Waals surface area contributed by atoms with E-state index in [2.05, 4.69) is 10.3 Å². The van der Waals surface area contributed by atoms with Gasteiger partial charge in [0.05, 0.1) is 61.5 Å². The molecular weight excluding hydrogens is 933 g/mol. The number of hydrogen-bond donors (Lipinski definition) is 2. The second-order valence-corrected chi connectivity index (χ2v) is 18.5. The van der Waals surface area contributed by atoms with Crippen LogP contribution in [0, 0.1) is 6.92 Å². The molecule has 0 radical (unpaired) electrons. The lowest BCUT2D eigenvalue weighted by Gasteiger charge is -2.31. The zero-order chi connectivity index (χ0) is 51.6. The minimum Gasteiger partial charge on any atom is -0.493 e. The quantitative estimate of drug-likeness (QED) is 0.0719. The number of ether oxygens (including phenoxy) is 4. The van der Waals surface area contributed by atoms with Crippen molar-refractivity contribution in [3.05, 3.63) is 131 Å². The Kier molecular flexibility index (Phi) is 16.7. The Balaban J connectivity index is 0.847. The van der Waals surface area contributed by atoms with Crippen molar-refractivity contribution in [2.24, 2.45) is 4.99 Å². The molecule has 382 valence electrons. The number of allylic oxidation sites excluding steroid dienone is 4. The number of aliphatic hydroxyl groups excluding tert-OH is 1. The molecule has 0 aromatic heterocycles. The predicted molar refractivity (Wildman–Crippen MR) is 275 cm³/mol. The molecule has 0 unspecified atom stereocenters. The molecule has 3 aromatic carbocycles. The molecule has 5 aliphatic rings. The molecule has 8 rings (SSSR count). The van der Waals surface area contributed by atoms with Crippen LogP contribution in [0.4, 0.5) is 21.9 Å². The standard InChI is InChI=1S/C56H62N6O11/c1-5-13-38-26-41-31-58-45-29-50(49(70-4)28-43(45)53(66)60(41)33-38)72-24-12-8-11-23-71-48-30-46-44(25-36(48)3)54(67)61-34-39(14-6-2)27-47(61)55(68)62(46)56(69)73-35-37-16-18-40(19-17-37)57-32-42(63)15-9-7-10-22-59-51(64)20-21-52(59)65/h5-6,13-14,16-21,25,28-31,33-34,41,47,55,57,68H,7-12,15,22-24,26-27,32,35H2,1-4H3/b13-5+,14-6+/t41-,47-,55-/m0/s1. The predicted octanol–water partition coefficient (Wildman–Crippen LogP) is 8.64. The monoisotopic (exact) mass is 994 g/mol. The highest BCUT2D eigenvalue weighted by molar-refractivity contribution is 6.13. The number of unbranched alkanes of at least 4 members (excludes halogenated alkanes) is 4. The smallest absolute Gasteiger partial charge is 0.416 e. The number of methoxy groups -OCH3 is 1. The molecule has 73 heavy (non-hydrogen) atoms. The molecule has 2 N–H and O–H groups in total. The fourth-order valence-corrected chi connectivity index (χ4v) is 9.43. The number of amides is 5. The van der Waals surface area contributed by atoms with E-state index in [0.717, 1.165) is 22.5 Å². The number of carbonyl (C=O) groups excluding carboxylic acids is 6. The van der Waals surface area contributed by atoms with E-state index in [9.17, 15) is 33.9 Å². The van der Waals surface area contributed by atoms with Crippen molar-refractivity contribution >= 4 is 58.8 Å². The van der Waals surface area contributed by atoms with Crippen LogP contribution >= 0.6 is 0 Å². The van der Waals surface area contributed by atoms with Gasteiger partial charge in [-0.1, -0.05) is 42.9 Å². The minimum absolute atomic E-state index is 0.0239. The van der Waals surface area contributed by atoms with Gasteiger partial charge in [-0.15, -0.1) is 0 Å². The number of rotatable bonds is 22. The number of aliphatic imine (C=N–C) groups is 1. The molecule has 17 nitrogen and oxygen atoms in total. The first kappa shape index (κ1) is 51.6. The van der Waals surface area contributed by atoms with Gasteiger partial charge >= 0.3 is 6.09 Å². The summed E-state index contributed by atoms with van der Waals surface area (Å²) in [5, 5.41) is 15.1. The number of imide groups is 1. The van der Waals surface area contributed by atoms with Gasteiger partial charge < -0.3 is 39.2 Å². The third-order valence-electron chi connectivity index (χ3n) is 13.3. The molecule has 0 saturated carbocycles. The molecule has 5 heterocycles. The molecule has 0 aliphatic carbocycles. The van der Waals surface area contributed by atoms with E-state index in [-0.39, 0.29) is 59.9 Å². The van der Waals surface area contributed by atoms with E-state index in [0.29, 0.717) is 116 Å². The second-order valence-electron chi connectivity index (χ2n) is 18.5. The molecule has 3 atom stereocenters. The van der Waals surface area contributed by atoms with Crippen LogP contribution in [-0.4, -0.2) is 113 Å². The largest absolute Gasteiger partial charge is 0.493 e. The number of Topliss-reactive ketones (excluding diaryl/α,β-unsaturated/α-hetero) is 1. The van der Waals surface area contributed by atoms with Crippen molar-refractivity contribution < 1.29 is 52.8 Å². The third kappa shape index (κ3) is 11.9. The summed E-state index contributed by atoms with van der Waals surface area (Å²) in [5.74, 6) is 0.292. The maximum atomic E-state index is 14.2. The zero-order valence-electron chi connectivity index (χ0n) is 41.7. The average Bonchev–Trinajstić information content (AvgIpc) is 4.06. The summed E-state index contributed by atoms with van der Waals surface area (Å²) < 4.78 is 23.9. The molecular formula is C56H62N6O11. The van der Waals surface area contributed by atoms with E-state index < -0.39 is 18.4 Å². The normalized spacial score (nSPS) is 18.9. The number of benzene rings is 3. The first-order valence-electron chi connectivity index (χ1n) is 24.9. The summed E-state index contributed by atoms with van der Waals surface area (Å²) in [6.45, 7) is 6.69. The molecule has 0 fully saturated rings. The van der Waals surface area contributed by atoms with Crippen molar-refractivity contribution in [1.82, 2.24) is 14.7 Å². The topological polar surface area (TPSA) is 197 Å². The first-order chi connectivity index (χ1) is 35.4. The highest BCUT2D eigenvalue weighted by Crippen LogP contribution is 2.41. The summed E-state index contributed by atoms with van der Waals surface area (Å²) >= 11 is 0. The molecule has 17 heteroatoms. The Labute approximate surface area is 425 Å². The van der Waals surface area contributed by atoms with Gasteiger partial charge in [0, 0.05) is 61.6 Å². The van der Waals surface area contributed by atoms with E-state index in [4.69, 9.17) is 18.9 Å². The van der Waals surface area contributed by atoms with Crippen LogP contribution in [0.15, 0.2) is 114 Å². The van der Waals surface area contributed by atoms with Crippen molar-refractivity contribution in [1.29, 1.82) is 0 Å². The van der Waals surface area contributed by atoms with Crippen molar-refractivity contribution in [3.63, 3.8) is 0 Å². The molecule has 0 bridgehead atoms. The fourth-order valence-electron chi connectivity index (χ4n) is 9.43. The lowest BCUT2D eigenvalue weighted by atomic mass is 10.1. The van der Waals surface area contributed by atoms with Crippen molar-refractivity contribution in [3.8, 4) is 17.2 Å². The third-order valence-corrected chi connectivity index (χ3v) is 13.3. The Bertz CT molecular complexity index is 2790. The summed E-state index contributed by atoms with van der Waals surface area (Å²) in [4.78, 5) is 88.1. The van der Waals surface area contributed by atoms with Crippen LogP contribution < -0.4 is 24.4 Å². The van der Waals surface area contributed by atoms with Gasteiger partial charge in [-0.3, -0.25) is 33.9 Å². The number of ketones is 1. The Morgan fingerprint density at radius 3 is 2.16 bits per heavy atom. The highest BCUT2D eigenvalue weighted by Gasteiger charge is 2.45. The number of anilines is 2. The van der Waals surface area contributed by atoms with Gasteiger partial charge in [-0.2, -0.15) is 0 Å². The van der Waals surface area contributed by atoms with E-state index in [1.165, 1.54) is 29.1 Å². The number of aliphatic hydroxyl groups is 1. The lowest BCUT2D eigenvalue weighted by molar-refractivity contribution is -0.136. The maximum Gasteiger partial charge on any atom is 0.416 e. The molecule has 0 spiro atoms. The van der Waals surface area contributed by atoms with Crippen LogP contribution in [0.2, 0.25) is 0 Å². The Morgan fingerprint density at radius 1 is 0.781 bits per heavy atom. The van der Waals surface area contributed by atoms with Crippen LogP contribution in [0.3, 0.4) is 0 Å². The maximum absolute atomic E-state index is 14.2. The minimum atomic E-state index is -1.45. The second kappa shape index (κ2) is 23.6. The summed E-state index contributed by atoms with van der Waals surface area (Å²) in [6, 6.07) is 12.9. The van der Waals surface area contributed by atoms with Crippen LogP contribution in [0.1, 0.15) is 103 Å². The van der Waals surface area contributed by atoms with E-state index >= 15 is 0 Å². The van der Waals surface area contributed by atoms with Crippen molar-refractivity contribution in [2.75, 3.05) is 43.6 Å². The lowest BCUT2D eigenvalue weighted by Crippen LogP contribution is -2.50. The number of nitrogens with zero attached hydrogens (tertiary/aromatic N) is 5. The van der Waals surface area contributed by atoms with Crippen LogP contribution in [-0.2, 0) is 25.7 Å². The number of aryl methyl sites for hydroxylation is 1. The van der Waals surface area contributed by atoms with Gasteiger partial charge in [0.2, 0.25) is 0 Å². The molecule has 3 aromatic rings. The Hall–Kier alpha value is -7.79. The Morgan fingerprint density at radius 2 is 1.45 bits per heavy atom. The van der Waals surface area contributed by atoms with Gasteiger partial charge in [-0.05, 0) is 112 Å². The first-order valence-corrected chi connectivity index (χ1v) is 24.9. The number of carbonyl (C=O) groups is 6. The van der Waals surface area contributed by atoms with Gasteiger partial charge in [-0.25, -0.2) is 9.69 Å². The highest BCUT2D eigenvalue weighted by atomic mass is 16.6. The van der Waals surface area contributed by atoms with Crippen molar-refractivity contribution in [2.45, 2.75) is 103 Å². The number of nitrogens with one attached hydrogen (secondary N) is 1. The van der Waals surface area contributed by atoms with Gasteiger partial charge in [0.25, 0.3) is 23.6 Å². The van der Waals surface area contributed by atoms with E-state index in [1.54, 1.807) is 65.8 Å². The van der Waals surface area contributed by atoms with Crippen LogP contribution in [0.5, 0.6) is 17.2 Å². The zero-order valence-corrected chi connectivity index (χ0v) is 41.7. The van der Waals surface area contributed by atoms with Gasteiger partial charge in [0.1, 0.15) is 12.4 Å². The van der Waals surface area contributed by atoms with Gasteiger partial charge in [0.15, 0.2) is 23.5 Å². The summed E-state index contributed by atoms with van der Waals surface area (Å²) in [5.41, 5.74) is 5.29. The average molecular weight is 995 g/mol. The molecule has 5 amide bonds.